The highest BCUT2D eigenvalue weighted by Gasteiger charge is 2.11. The Kier molecular flexibility index (Phi) is 4.84. The SMILES string of the molecule is Cc1ccc(-c2cc(COC(=O)c3ccc(N(C)C)cc3)no2)cc1. The molecule has 0 aliphatic carbocycles. The molecule has 0 radical (unpaired) electrons. The Labute approximate surface area is 146 Å². The van der Waals surface area contributed by atoms with Crippen molar-refractivity contribution in [3.8, 4) is 11.3 Å². The number of carbonyl (C=O) groups is 1. The predicted octanol–water partition coefficient (Wildman–Crippen LogP) is 4.07. The maximum atomic E-state index is 12.1. The minimum Gasteiger partial charge on any atom is -0.455 e. The van der Waals surface area contributed by atoms with Gasteiger partial charge >= 0.3 is 5.97 Å². The van der Waals surface area contributed by atoms with Crippen LogP contribution in [0.15, 0.2) is 59.1 Å². The molecule has 5 nitrogen and oxygen atoms in total. The zero-order valence-electron chi connectivity index (χ0n) is 14.5. The van der Waals surface area contributed by atoms with Gasteiger partial charge in [-0.15, -0.1) is 0 Å². The van der Waals surface area contributed by atoms with Crippen LogP contribution in [0.25, 0.3) is 11.3 Å². The van der Waals surface area contributed by atoms with E-state index >= 15 is 0 Å². The summed E-state index contributed by atoms with van der Waals surface area (Å²) in [5.41, 5.74) is 4.23. The lowest BCUT2D eigenvalue weighted by Gasteiger charge is -2.12. The summed E-state index contributed by atoms with van der Waals surface area (Å²) >= 11 is 0. The number of anilines is 1. The van der Waals surface area contributed by atoms with Crippen molar-refractivity contribution < 1.29 is 14.1 Å². The molecule has 0 aliphatic rings. The van der Waals surface area contributed by atoms with E-state index in [1.54, 1.807) is 18.2 Å². The van der Waals surface area contributed by atoms with Crippen LogP contribution in [0, 0.1) is 6.92 Å². The van der Waals surface area contributed by atoms with E-state index < -0.39 is 0 Å². The lowest BCUT2D eigenvalue weighted by molar-refractivity contribution is 0.0464. The van der Waals surface area contributed by atoms with Gasteiger partial charge in [0.15, 0.2) is 5.76 Å². The highest BCUT2D eigenvalue weighted by molar-refractivity contribution is 5.89. The molecule has 0 unspecified atom stereocenters. The van der Waals surface area contributed by atoms with Gasteiger partial charge in [-0.05, 0) is 31.2 Å². The maximum Gasteiger partial charge on any atom is 0.338 e. The number of aromatic nitrogens is 1. The molecule has 0 saturated carbocycles. The van der Waals surface area contributed by atoms with Crippen molar-refractivity contribution in [3.63, 3.8) is 0 Å². The van der Waals surface area contributed by atoms with Crippen molar-refractivity contribution in [1.29, 1.82) is 0 Å². The third-order valence-corrected chi connectivity index (χ3v) is 3.87. The summed E-state index contributed by atoms with van der Waals surface area (Å²) in [6, 6.07) is 17.0. The van der Waals surface area contributed by atoms with Crippen molar-refractivity contribution in [2.75, 3.05) is 19.0 Å². The molecule has 0 atom stereocenters. The topological polar surface area (TPSA) is 55.6 Å². The molecule has 0 aliphatic heterocycles. The normalized spacial score (nSPS) is 10.5. The van der Waals surface area contributed by atoms with Gasteiger partial charge in [-0.2, -0.15) is 0 Å². The highest BCUT2D eigenvalue weighted by Crippen LogP contribution is 2.21. The smallest absolute Gasteiger partial charge is 0.338 e. The quantitative estimate of drug-likeness (QED) is 0.657. The first-order chi connectivity index (χ1) is 12.0. The molecule has 128 valence electrons. The molecular weight excluding hydrogens is 316 g/mol. The van der Waals surface area contributed by atoms with Crippen LogP contribution in [0.5, 0.6) is 0 Å². The van der Waals surface area contributed by atoms with Crippen molar-refractivity contribution in [1.82, 2.24) is 5.16 Å². The molecule has 3 rings (SSSR count). The van der Waals surface area contributed by atoms with Crippen LogP contribution >= 0.6 is 0 Å². The number of hydrogen-bond acceptors (Lipinski definition) is 5. The van der Waals surface area contributed by atoms with E-state index in [1.165, 1.54) is 5.56 Å². The number of benzene rings is 2. The first-order valence-corrected chi connectivity index (χ1v) is 8.00. The third-order valence-electron chi connectivity index (χ3n) is 3.87. The summed E-state index contributed by atoms with van der Waals surface area (Å²) in [4.78, 5) is 14.1. The summed E-state index contributed by atoms with van der Waals surface area (Å²) in [7, 11) is 3.90. The zero-order chi connectivity index (χ0) is 17.8. The van der Waals surface area contributed by atoms with Gasteiger partial charge in [-0.3, -0.25) is 0 Å². The number of rotatable bonds is 5. The van der Waals surface area contributed by atoms with Crippen molar-refractivity contribution in [2.45, 2.75) is 13.5 Å². The van der Waals surface area contributed by atoms with E-state index in [1.807, 2.05) is 62.3 Å². The molecule has 1 heterocycles. The van der Waals surface area contributed by atoms with Crippen LogP contribution in [-0.4, -0.2) is 25.2 Å². The molecule has 2 aromatic carbocycles. The Balaban J connectivity index is 1.61. The third kappa shape index (κ3) is 4.07. The van der Waals surface area contributed by atoms with E-state index in [0.29, 0.717) is 17.0 Å². The van der Waals surface area contributed by atoms with Gasteiger partial charge in [0.2, 0.25) is 0 Å². The largest absolute Gasteiger partial charge is 0.455 e. The Morgan fingerprint density at radius 3 is 2.40 bits per heavy atom. The van der Waals surface area contributed by atoms with E-state index in [0.717, 1.165) is 11.3 Å². The molecule has 3 aromatic rings. The summed E-state index contributed by atoms with van der Waals surface area (Å²) in [6.07, 6.45) is 0. The van der Waals surface area contributed by atoms with Gasteiger partial charge in [0.1, 0.15) is 12.3 Å². The Hall–Kier alpha value is -3.08. The number of aryl methyl sites for hydroxylation is 1. The first kappa shape index (κ1) is 16.8. The number of hydrogen-bond donors (Lipinski definition) is 0. The Bertz CT molecular complexity index is 849. The molecule has 0 saturated heterocycles. The first-order valence-electron chi connectivity index (χ1n) is 8.00. The van der Waals surface area contributed by atoms with Crippen LogP contribution in [0.1, 0.15) is 21.6 Å². The fourth-order valence-electron chi connectivity index (χ4n) is 2.35. The van der Waals surface area contributed by atoms with Gasteiger partial charge < -0.3 is 14.2 Å². The predicted molar refractivity (Wildman–Crippen MR) is 96.6 cm³/mol. The summed E-state index contributed by atoms with van der Waals surface area (Å²) < 4.78 is 10.6. The molecule has 5 heteroatoms. The van der Waals surface area contributed by atoms with Gasteiger partial charge in [0.25, 0.3) is 0 Å². The van der Waals surface area contributed by atoms with Crippen LogP contribution < -0.4 is 4.90 Å². The molecule has 0 N–H and O–H groups in total. The van der Waals surface area contributed by atoms with Crippen molar-refractivity contribution >= 4 is 11.7 Å². The average molecular weight is 336 g/mol. The summed E-state index contributed by atoms with van der Waals surface area (Å²) in [6.45, 7) is 2.10. The Morgan fingerprint density at radius 2 is 1.76 bits per heavy atom. The standard InChI is InChI=1S/C20H20N2O3/c1-14-4-6-15(7-5-14)19-12-17(21-25-19)13-24-20(23)16-8-10-18(11-9-16)22(2)3/h4-12H,13H2,1-3H3. The average Bonchev–Trinajstić information content (AvgIpc) is 3.09. The van der Waals surface area contributed by atoms with Crippen LogP contribution in [-0.2, 0) is 11.3 Å². The second kappa shape index (κ2) is 7.21. The van der Waals surface area contributed by atoms with Crippen molar-refractivity contribution in [3.05, 3.63) is 71.4 Å². The van der Waals surface area contributed by atoms with Gasteiger partial charge in [-0.1, -0.05) is 35.0 Å². The van der Waals surface area contributed by atoms with Gasteiger partial charge in [0, 0.05) is 31.4 Å². The minimum atomic E-state index is -0.384. The fraction of sp³-hybridized carbons (Fsp3) is 0.200. The van der Waals surface area contributed by atoms with E-state index in [2.05, 4.69) is 5.16 Å². The summed E-state index contributed by atoms with van der Waals surface area (Å²) in [5, 5.41) is 3.96. The molecular formula is C20H20N2O3. The van der Waals surface area contributed by atoms with Crippen molar-refractivity contribution in [2.24, 2.45) is 0 Å². The van der Waals surface area contributed by atoms with E-state index in [-0.39, 0.29) is 12.6 Å². The van der Waals surface area contributed by atoms with Gasteiger partial charge in [-0.25, -0.2) is 4.79 Å². The summed E-state index contributed by atoms with van der Waals surface area (Å²) in [5.74, 6) is 0.270. The molecule has 0 fully saturated rings. The van der Waals surface area contributed by atoms with E-state index in [4.69, 9.17) is 9.26 Å². The Morgan fingerprint density at radius 1 is 1.08 bits per heavy atom. The number of esters is 1. The second-order valence-corrected chi connectivity index (χ2v) is 6.07. The van der Waals surface area contributed by atoms with E-state index in [9.17, 15) is 4.79 Å². The molecule has 0 bridgehead atoms. The molecule has 1 aromatic heterocycles. The highest BCUT2D eigenvalue weighted by atomic mass is 16.5. The van der Waals surface area contributed by atoms with Crippen LogP contribution in [0.3, 0.4) is 0 Å². The fourth-order valence-corrected chi connectivity index (χ4v) is 2.35. The van der Waals surface area contributed by atoms with Crippen LogP contribution in [0.4, 0.5) is 5.69 Å². The lowest BCUT2D eigenvalue weighted by Crippen LogP contribution is -2.09. The molecule has 25 heavy (non-hydrogen) atoms. The van der Waals surface area contributed by atoms with Gasteiger partial charge in [0.05, 0.1) is 5.56 Å². The zero-order valence-corrected chi connectivity index (χ0v) is 14.5. The van der Waals surface area contributed by atoms with Crippen LogP contribution in [0.2, 0.25) is 0 Å². The maximum absolute atomic E-state index is 12.1. The number of carbonyl (C=O) groups excluding carboxylic acids is 1. The minimum absolute atomic E-state index is 0.0730. The molecule has 0 spiro atoms. The number of nitrogens with zero attached hydrogens (tertiary/aromatic N) is 2. The monoisotopic (exact) mass is 336 g/mol. The second-order valence-electron chi connectivity index (χ2n) is 6.07. The number of ether oxygens (including phenoxy) is 1. The molecule has 0 amide bonds. The lowest BCUT2D eigenvalue weighted by atomic mass is 10.1.